The van der Waals surface area contributed by atoms with Gasteiger partial charge in [0, 0.05) is 42.5 Å². The second-order valence-electron chi connectivity index (χ2n) is 7.78. The molecule has 166 valence electrons. The number of carbonyl (C=O) groups is 2. The van der Waals surface area contributed by atoms with Crippen molar-refractivity contribution >= 4 is 29.1 Å². The number of aromatic nitrogens is 2. The van der Waals surface area contributed by atoms with Gasteiger partial charge in [0.2, 0.25) is 5.92 Å². The van der Waals surface area contributed by atoms with Gasteiger partial charge < -0.3 is 5.32 Å². The molecule has 2 amide bonds. The molecule has 0 spiro atoms. The van der Waals surface area contributed by atoms with Gasteiger partial charge in [-0.05, 0) is 32.4 Å². The van der Waals surface area contributed by atoms with Crippen molar-refractivity contribution in [2.45, 2.75) is 56.2 Å². The van der Waals surface area contributed by atoms with Gasteiger partial charge in [-0.15, -0.1) is 0 Å². The molecular weight excluding hydrogens is 433 g/mol. The van der Waals surface area contributed by atoms with Gasteiger partial charge in [0.05, 0.1) is 0 Å². The molecule has 1 aliphatic carbocycles. The number of hydrogen-bond acceptors (Lipinski definition) is 4. The third kappa shape index (κ3) is 4.81. The molecule has 1 aliphatic rings. The van der Waals surface area contributed by atoms with Gasteiger partial charge in [-0.1, -0.05) is 29.3 Å². The van der Waals surface area contributed by atoms with E-state index in [1.165, 1.54) is 25.6 Å². The quantitative estimate of drug-likeness (QED) is 0.672. The third-order valence-corrected chi connectivity index (χ3v) is 5.64. The molecule has 6 nitrogen and oxygen atoms in total. The fourth-order valence-electron chi connectivity index (χ4n) is 3.71. The van der Waals surface area contributed by atoms with Crippen LogP contribution in [0.3, 0.4) is 0 Å². The molecule has 0 saturated heterocycles. The topological polar surface area (TPSA) is 75.2 Å². The summed E-state index contributed by atoms with van der Waals surface area (Å²) in [6.07, 6.45) is 3.08. The summed E-state index contributed by atoms with van der Waals surface area (Å²) in [5.74, 6) is -4.82. The van der Waals surface area contributed by atoms with Crippen LogP contribution in [0.15, 0.2) is 43.0 Å². The Morgan fingerprint density at radius 1 is 1.26 bits per heavy atom. The minimum Gasteiger partial charge on any atom is -0.351 e. The molecule has 1 heterocycles. The van der Waals surface area contributed by atoms with Crippen LogP contribution >= 0.6 is 11.6 Å². The molecule has 31 heavy (non-hydrogen) atoms. The molecule has 2 aromatic rings. The van der Waals surface area contributed by atoms with Gasteiger partial charge in [0.25, 0.3) is 17.4 Å². The van der Waals surface area contributed by atoms with Crippen LogP contribution < -0.4 is 10.2 Å². The molecule has 0 aliphatic heterocycles. The number of alkyl halides is 4. The molecule has 0 radical (unpaired) electrons. The predicted molar refractivity (Wildman–Crippen MR) is 110 cm³/mol. The van der Waals surface area contributed by atoms with Crippen LogP contribution in [0.25, 0.3) is 0 Å². The number of hydrogen-bond donors (Lipinski definition) is 1. The number of halogens is 4. The Bertz CT molecular complexity index is 943. The number of carbonyl (C=O) groups excluding carboxylic acids is 2. The van der Waals surface area contributed by atoms with Crippen molar-refractivity contribution in [1.82, 2.24) is 15.3 Å². The Kier molecular flexibility index (Phi) is 6.54. The number of anilines is 1. The van der Waals surface area contributed by atoms with Crippen LogP contribution in [-0.4, -0.2) is 39.4 Å². The molecule has 1 aromatic heterocycles. The smallest absolute Gasteiger partial charge is 0.278 e. The summed E-state index contributed by atoms with van der Waals surface area (Å²) in [6, 6.07) is 5.68. The fourth-order valence-corrected chi connectivity index (χ4v) is 3.81. The summed E-state index contributed by atoms with van der Waals surface area (Å²) in [6.45, 7) is 3.21. The summed E-state index contributed by atoms with van der Waals surface area (Å²) >= 11 is 5.49. The first kappa shape index (κ1) is 23.0. The van der Waals surface area contributed by atoms with Crippen molar-refractivity contribution in [3.05, 3.63) is 54.1 Å². The molecule has 0 bridgehead atoms. The first-order valence-corrected chi connectivity index (χ1v) is 10.1. The molecule has 3 atom stereocenters. The number of rotatable bonds is 6. The van der Waals surface area contributed by atoms with Crippen LogP contribution in [0.2, 0.25) is 0 Å². The highest BCUT2D eigenvalue weighted by Gasteiger charge is 2.49. The monoisotopic (exact) mass is 454 g/mol. The fraction of sp³-hybridized carbons (Fsp3) is 0.429. The van der Waals surface area contributed by atoms with Crippen molar-refractivity contribution < 1.29 is 22.8 Å². The third-order valence-electron chi connectivity index (χ3n) is 5.45. The van der Waals surface area contributed by atoms with Crippen LogP contribution in [0.5, 0.6) is 0 Å². The molecule has 3 rings (SSSR count). The zero-order chi connectivity index (χ0) is 22.8. The largest absolute Gasteiger partial charge is 0.351 e. The van der Waals surface area contributed by atoms with Gasteiger partial charge in [-0.3, -0.25) is 14.5 Å². The zero-order valence-corrected chi connectivity index (χ0v) is 17.7. The number of benzene rings is 1. The lowest BCUT2D eigenvalue weighted by Gasteiger charge is -2.40. The number of aryl methyl sites for hydroxylation is 1. The Labute approximate surface area is 182 Å². The van der Waals surface area contributed by atoms with Gasteiger partial charge in [0.15, 0.2) is 5.54 Å². The second-order valence-corrected chi connectivity index (χ2v) is 8.16. The molecule has 1 aromatic carbocycles. The van der Waals surface area contributed by atoms with E-state index in [4.69, 9.17) is 11.6 Å². The van der Waals surface area contributed by atoms with E-state index in [0.717, 1.165) is 10.5 Å². The molecule has 1 fully saturated rings. The average Bonchev–Trinajstić information content (AvgIpc) is 3.08. The maximum atomic E-state index is 14.0. The first-order chi connectivity index (χ1) is 14.5. The van der Waals surface area contributed by atoms with Crippen molar-refractivity contribution in [3.8, 4) is 0 Å². The van der Waals surface area contributed by atoms with Crippen molar-refractivity contribution in [2.75, 3.05) is 4.90 Å². The Balaban J connectivity index is 2.09. The van der Waals surface area contributed by atoms with E-state index >= 15 is 0 Å². The van der Waals surface area contributed by atoms with Crippen LogP contribution in [0.4, 0.5) is 18.9 Å². The lowest BCUT2D eigenvalue weighted by molar-refractivity contribution is -0.131. The van der Waals surface area contributed by atoms with Crippen LogP contribution in [-0.2, 0) is 15.1 Å². The maximum absolute atomic E-state index is 14.0. The standard InChI is InChI=1S/C21H22ClF3N4O2/c1-13-3-5-16(6-4-13)29(18(30)17(22)23)20(2,14-10-26-12-27-11-14)19(31)28-15-7-8-21(24,25)9-15/h3-6,10-12,15,17H,7-9H2,1-2H3,(H,28,31)/t15-,17+,20-/m1/s1. The highest BCUT2D eigenvalue weighted by Crippen LogP contribution is 2.38. The van der Waals surface area contributed by atoms with E-state index in [0.29, 0.717) is 0 Å². The highest BCUT2D eigenvalue weighted by atomic mass is 35.5. The van der Waals surface area contributed by atoms with E-state index in [1.54, 1.807) is 24.3 Å². The van der Waals surface area contributed by atoms with Gasteiger partial charge >= 0.3 is 0 Å². The van der Waals surface area contributed by atoms with Crippen LogP contribution in [0.1, 0.15) is 37.3 Å². The van der Waals surface area contributed by atoms with E-state index in [1.807, 2.05) is 6.92 Å². The van der Waals surface area contributed by atoms with Gasteiger partial charge in [-0.25, -0.2) is 23.1 Å². The maximum Gasteiger partial charge on any atom is 0.278 e. The summed E-state index contributed by atoms with van der Waals surface area (Å²) in [5, 5.41) is 2.60. The predicted octanol–water partition coefficient (Wildman–Crippen LogP) is 3.87. The molecule has 1 saturated carbocycles. The summed E-state index contributed by atoms with van der Waals surface area (Å²) < 4.78 is 41.4. The Morgan fingerprint density at radius 2 is 1.87 bits per heavy atom. The van der Waals surface area contributed by atoms with Crippen LogP contribution in [0, 0.1) is 6.92 Å². The molecular formula is C21H22ClF3N4O2. The first-order valence-electron chi connectivity index (χ1n) is 9.68. The Hall–Kier alpha value is -2.68. The molecule has 1 N–H and O–H groups in total. The SMILES string of the molecule is Cc1ccc(N(C(=O)[C@H](F)Cl)[C@@](C)(C(=O)N[C@@H]2CCC(F)(F)C2)c2cncnc2)cc1. The number of amides is 2. The summed E-state index contributed by atoms with van der Waals surface area (Å²) in [4.78, 5) is 35.1. The number of nitrogens with zero attached hydrogens (tertiary/aromatic N) is 3. The normalized spacial score (nSPS) is 20.5. The average molecular weight is 455 g/mol. The van der Waals surface area contributed by atoms with E-state index in [-0.39, 0.29) is 24.1 Å². The number of nitrogens with one attached hydrogen (secondary N) is 1. The van der Waals surface area contributed by atoms with Crippen molar-refractivity contribution in [2.24, 2.45) is 0 Å². The summed E-state index contributed by atoms with van der Waals surface area (Å²) in [7, 11) is 0. The van der Waals surface area contributed by atoms with E-state index < -0.39 is 41.4 Å². The zero-order valence-electron chi connectivity index (χ0n) is 17.0. The van der Waals surface area contributed by atoms with Gasteiger partial charge in [-0.2, -0.15) is 0 Å². The highest BCUT2D eigenvalue weighted by molar-refractivity contribution is 6.32. The van der Waals surface area contributed by atoms with Crippen molar-refractivity contribution in [3.63, 3.8) is 0 Å². The molecule has 0 unspecified atom stereocenters. The lowest BCUT2D eigenvalue weighted by Crippen LogP contribution is -2.59. The van der Waals surface area contributed by atoms with Crippen molar-refractivity contribution in [1.29, 1.82) is 0 Å². The minimum absolute atomic E-state index is 0.0832. The molecule has 10 heteroatoms. The second kappa shape index (κ2) is 8.82. The Morgan fingerprint density at radius 3 is 2.39 bits per heavy atom. The van der Waals surface area contributed by atoms with Gasteiger partial charge in [0.1, 0.15) is 6.33 Å². The minimum atomic E-state index is -2.88. The van der Waals surface area contributed by atoms with E-state index in [9.17, 15) is 22.8 Å². The van der Waals surface area contributed by atoms with E-state index in [2.05, 4.69) is 15.3 Å². The summed E-state index contributed by atoms with van der Waals surface area (Å²) in [5.41, 5.74) is -3.04. The lowest BCUT2D eigenvalue weighted by atomic mass is 9.89.